The second-order valence-electron chi connectivity index (χ2n) is 9.97. The molecule has 1 aliphatic rings. The van der Waals surface area contributed by atoms with E-state index in [1.165, 1.54) is 6.07 Å². The summed E-state index contributed by atoms with van der Waals surface area (Å²) in [4.78, 5) is 23.9. The summed E-state index contributed by atoms with van der Waals surface area (Å²) in [5, 5.41) is 6.27. The molecule has 1 amide bonds. The molecule has 0 spiro atoms. The number of benzene rings is 2. The normalized spacial score (nSPS) is 13.3. The van der Waals surface area contributed by atoms with Crippen LogP contribution in [0.5, 0.6) is 0 Å². The molecule has 8 heteroatoms. The molecule has 7 nitrogen and oxygen atoms in total. The van der Waals surface area contributed by atoms with Gasteiger partial charge in [0.25, 0.3) is 5.91 Å². The van der Waals surface area contributed by atoms with E-state index >= 15 is 0 Å². The lowest BCUT2D eigenvalue weighted by Crippen LogP contribution is -2.26. The summed E-state index contributed by atoms with van der Waals surface area (Å²) in [5.41, 5.74) is 4.92. The molecule has 0 bridgehead atoms. The molecule has 2 aromatic carbocycles. The first kappa shape index (κ1) is 23.8. The number of rotatable bonds is 8. The van der Waals surface area contributed by atoms with Gasteiger partial charge in [-0.25, -0.2) is 14.4 Å². The quantitative estimate of drug-likeness (QED) is 0.357. The molecule has 36 heavy (non-hydrogen) atoms. The van der Waals surface area contributed by atoms with Crippen molar-refractivity contribution >= 4 is 23.1 Å². The first-order chi connectivity index (χ1) is 17.3. The maximum Gasteiger partial charge on any atom is 0.254 e. The Hall–Kier alpha value is -3.94. The second-order valence-corrected chi connectivity index (χ2v) is 9.97. The maximum absolute atomic E-state index is 15.0. The third kappa shape index (κ3) is 4.89. The summed E-state index contributed by atoms with van der Waals surface area (Å²) in [6.07, 6.45) is 5.55. The Morgan fingerprint density at radius 2 is 1.86 bits per heavy atom. The molecule has 0 aliphatic heterocycles. The first-order valence-electron chi connectivity index (χ1n) is 12.3. The fourth-order valence-electron chi connectivity index (χ4n) is 4.04. The van der Waals surface area contributed by atoms with Gasteiger partial charge in [-0.2, -0.15) is 0 Å². The van der Waals surface area contributed by atoms with Crippen LogP contribution < -0.4 is 15.5 Å². The molecular weight excluding hydrogens is 455 g/mol. The third-order valence-electron chi connectivity index (χ3n) is 6.27. The smallest absolute Gasteiger partial charge is 0.254 e. The van der Waals surface area contributed by atoms with Crippen molar-refractivity contribution in [1.29, 1.82) is 0 Å². The Balaban J connectivity index is 1.56. The highest BCUT2D eigenvalue weighted by Gasteiger charge is 2.25. The van der Waals surface area contributed by atoms with Gasteiger partial charge < -0.3 is 15.5 Å². The molecule has 2 N–H and O–H groups in total. The molecule has 0 radical (unpaired) electrons. The highest BCUT2D eigenvalue weighted by atomic mass is 19.1. The Morgan fingerprint density at radius 1 is 1.14 bits per heavy atom. The molecule has 0 atom stereocenters. The lowest BCUT2D eigenvalue weighted by molar-refractivity contribution is 0.0947. The summed E-state index contributed by atoms with van der Waals surface area (Å²) >= 11 is 0. The zero-order valence-electron chi connectivity index (χ0n) is 21.0. The molecule has 0 saturated heterocycles. The average Bonchev–Trinajstić information content (AvgIpc) is 3.56. The summed E-state index contributed by atoms with van der Waals surface area (Å²) in [7, 11) is 4.01. The van der Waals surface area contributed by atoms with Gasteiger partial charge in [-0.05, 0) is 43.0 Å². The number of aromatic nitrogens is 3. The molecule has 1 saturated carbocycles. The van der Waals surface area contributed by atoms with E-state index < -0.39 is 5.82 Å². The van der Waals surface area contributed by atoms with Gasteiger partial charge in [0, 0.05) is 49.7 Å². The van der Waals surface area contributed by atoms with Crippen molar-refractivity contribution in [2.24, 2.45) is 5.92 Å². The van der Waals surface area contributed by atoms with Gasteiger partial charge in [-0.15, -0.1) is 0 Å². The van der Waals surface area contributed by atoms with Crippen molar-refractivity contribution in [3.05, 3.63) is 66.2 Å². The van der Waals surface area contributed by atoms with Crippen molar-refractivity contribution < 1.29 is 9.18 Å². The van der Waals surface area contributed by atoms with Crippen LogP contribution in [0.25, 0.3) is 28.2 Å². The average molecular weight is 487 g/mol. The minimum absolute atomic E-state index is 0.0575. The lowest BCUT2D eigenvalue weighted by Gasteiger charge is -2.14. The Labute approximate surface area is 210 Å². The Morgan fingerprint density at radius 3 is 2.50 bits per heavy atom. The maximum atomic E-state index is 15.0. The van der Waals surface area contributed by atoms with E-state index in [0.29, 0.717) is 22.9 Å². The standard InChI is InChI=1S/C28H31FN6O/c1-17(2)14-30-26-27-31-15-25(19-7-12-22(23(29)13-19)28(36)32-20-8-9-20)35(27)16-24(33-26)18-5-10-21(11-6-18)34(3)4/h5-7,10-13,15-17,20H,8-9,14H2,1-4H3,(H,30,33)(H,32,36). The number of hydrogen-bond acceptors (Lipinski definition) is 5. The van der Waals surface area contributed by atoms with E-state index in [1.54, 1.807) is 18.3 Å². The molecule has 1 aliphatic carbocycles. The van der Waals surface area contributed by atoms with E-state index in [-0.39, 0.29) is 17.5 Å². The molecule has 186 valence electrons. The minimum Gasteiger partial charge on any atom is -0.378 e. The summed E-state index contributed by atoms with van der Waals surface area (Å²) < 4.78 is 16.9. The number of imidazole rings is 1. The van der Waals surface area contributed by atoms with E-state index in [1.807, 2.05) is 41.7 Å². The summed E-state index contributed by atoms with van der Waals surface area (Å²) in [6.45, 7) is 5.01. The van der Waals surface area contributed by atoms with Crippen LogP contribution in [0.15, 0.2) is 54.9 Å². The van der Waals surface area contributed by atoms with E-state index in [9.17, 15) is 9.18 Å². The summed E-state index contributed by atoms with van der Waals surface area (Å²) in [5.74, 6) is 0.178. The van der Waals surface area contributed by atoms with E-state index in [0.717, 1.165) is 42.0 Å². The number of anilines is 2. The third-order valence-corrected chi connectivity index (χ3v) is 6.27. The Bertz CT molecular complexity index is 1410. The van der Waals surface area contributed by atoms with E-state index in [4.69, 9.17) is 4.98 Å². The zero-order valence-corrected chi connectivity index (χ0v) is 21.0. The number of carbonyl (C=O) groups excluding carboxylic acids is 1. The predicted octanol–water partition coefficient (Wildman–Crippen LogP) is 5.23. The molecule has 2 aromatic heterocycles. The number of carbonyl (C=O) groups is 1. The minimum atomic E-state index is -0.549. The fraction of sp³-hybridized carbons (Fsp3) is 0.321. The SMILES string of the molecule is CC(C)CNc1nc(-c2ccc(N(C)C)cc2)cn2c(-c3ccc(C(=O)NC4CC4)c(F)c3)cnc12. The molecule has 1 fully saturated rings. The van der Waals surface area contributed by atoms with Crippen LogP contribution in [0.1, 0.15) is 37.0 Å². The van der Waals surface area contributed by atoms with Crippen LogP contribution in [0, 0.1) is 11.7 Å². The van der Waals surface area contributed by atoms with Crippen LogP contribution in [-0.4, -0.2) is 47.0 Å². The highest BCUT2D eigenvalue weighted by molar-refractivity contribution is 5.95. The molecular formula is C28H31FN6O. The predicted molar refractivity (Wildman–Crippen MR) is 142 cm³/mol. The van der Waals surface area contributed by atoms with Crippen molar-refractivity contribution in [3.8, 4) is 22.5 Å². The van der Waals surface area contributed by atoms with Crippen molar-refractivity contribution in [3.63, 3.8) is 0 Å². The van der Waals surface area contributed by atoms with Gasteiger partial charge in [-0.3, -0.25) is 9.20 Å². The molecule has 5 rings (SSSR count). The molecule has 4 aromatic rings. The fourth-order valence-corrected chi connectivity index (χ4v) is 4.04. The highest BCUT2D eigenvalue weighted by Crippen LogP contribution is 2.30. The number of fused-ring (bicyclic) bond motifs is 1. The monoisotopic (exact) mass is 486 g/mol. The van der Waals surface area contributed by atoms with Crippen LogP contribution in [0.4, 0.5) is 15.9 Å². The van der Waals surface area contributed by atoms with Crippen molar-refractivity contribution in [2.75, 3.05) is 30.9 Å². The zero-order chi connectivity index (χ0) is 25.4. The number of amides is 1. The summed E-state index contributed by atoms with van der Waals surface area (Å²) in [6, 6.07) is 13.1. The Kier molecular flexibility index (Phi) is 6.35. The van der Waals surface area contributed by atoms with Crippen molar-refractivity contribution in [2.45, 2.75) is 32.7 Å². The van der Waals surface area contributed by atoms with Crippen molar-refractivity contribution in [1.82, 2.24) is 19.7 Å². The van der Waals surface area contributed by atoms with Gasteiger partial charge in [0.1, 0.15) is 5.82 Å². The van der Waals surface area contributed by atoms with Gasteiger partial charge in [0.15, 0.2) is 11.5 Å². The topological polar surface area (TPSA) is 74.6 Å². The number of nitrogens with one attached hydrogen (secondary N) is 2. The largest absolute Gasteiger partial charge is 0.378 e. The lowest BCUT2D eigenvalue weighted by atomic mass is 10.1. The first-order valence-corrected chi connectivity index (χ1v) is 12.3. The molecule has 2 heterocycles. The van der Waals surface area contributed by atoms with Gasteiger partial charge in [0.2, 0.25) is 0 Å². The number of nitrogens with zero attached hydrogens (tertiary/aromatic N) is 4. The number of hydrogen-bond donors (Lipinski definition) is 2. The number of halogens is 1. The van der Waals surface area contributed by atoms with Crippen LogP contribution in [0.2, 0.25) is 0 Å². The van der Waals surface area contributed by atoms with Crippen LogP contribution >= 0.6 is 0 Å². The van der Waals surface area contributed by atoms with Gasteiger partial charge in [0.05, 0.1) is 23.1 Å². The molecule has 0 unspecified atom stereocenters. The van der Waals surface area contributed by atoms with Gasteiger partial charge >= 0.3 is 0 Å². The van der Waals surface area contributed by atoms with E-state index in [2.05, 4.69) is 41.6 Å². The second kappa shape index (κ2) is 9.60. The van der Waals surface area contributed by atoms with Crippen LogP contribution in [0.3, 0.4) is 0 Å². The van der Waals surface area contributed by atoms with Crippen LogP contribution in [-0.2, 0) is 0 Å². The van der Waals surface area contributed by atoms with Gasteiger partial charge in [-0.1, -0.05) is 32.0 Å².